The number of primary amides is 1. The van der Waals surface area contributed by atoms with E-state index in [2.05, 4.69) is 12.2 Å². The predicted molar refractivity (Wildman–Crippen MR) is 88.8 cm³/mol. The largest absolute Gasteiger partial charge is 0.497 e. The van der Waals surface area contributed by atoms with Crippen molar-refractivity contribution in [1.29, 1.82) is 0 Å². The molecule has 1 aromatic carbocycles. The van der Waals surface area contributed by atoms with Crippen molar-refractivity contribution in [3.05, 3.63) is 24.3 Å². The van der Waals surface area contributed by atoms with Gasteiger partial charge in [-0.15, -0.1) is 11.8 Å². The van der Waals surface area contributed by atoms with Crippen molar-refractivity contribution in [2.45, 2.75) is 43.5 Å². The van der Waals surface area contributed by atoms with Gasteiger partial charge in [-0.1, -0.05) is 6.92 Å². The summed E-state index contributed by atoms with van der Waals surface area (Å²) in [6.07, 6.45) is 2.68. The molecule has 0 fully saturated rings. The van der Waals surface area contributed by atoms with Gasteiger partial charge in [0.2, 0.25) is 5.91 Å². The average molecular weight is 310 g/mol. The first-order valence-electron chi connectivity index (χ1n) is 7.33. The lowest BCUT2D eigenvalue weighted by atomic mass is 9.95. The predicted octanol–water partition coefficient (Wildman–Crippen LogP) is 2.81. The third-order valence-electron chi connectivity index (χ3n) is 3.46. The maximum Gasteiger partial charge on any atom is 0.237 e. The molecule has 0 saturated heterocycles. The number of carbonyl (C=O) groups is 1. The van der Waals surface area contributed by atoms with E-state index in [4.69, 9.17) is 10.5 Å². The highest BCUT2D eigenvalue weighted by atomic mass is 32.2. The molecule has 0 aromatic heterocycles. The van der Waals surface area contributed by atoms with E-state index in [1.807, 2.05) is 31.2 Å². The van der Waals surface area contributed by atoms with Gasteiger partial charge in [0, 0.05) is 4.90 Å². The summed E-state index contributed by atoms with van der Waals surface area (Å²) in [5, 5.41) is 3.26. The topological polar surface area (TPSA) is 64.3 Å². The minimum absolute atomic E-state index is 0.273. The molecule has 0 spiro atoms. The molecule has 1 rings (SSSR count). The number of rotatable bonds is 10. The van der Waals surface area contributed by atoms with E-state index in [9.17, 15) is 4.79 Å². The van der Waals surface area contributed by atoms with Crippen molar-refractivity contribution in [2.24, 2.45) is 5.73 Å². The summed E-state index contributed by atoms with van der Waals surface area (Å²) in [4.78, 5) is 12.8. The molecule has 0 bridgehead atoms. The number of hydrogen-bond donors (Lipinski definition) is 2. The van der Waals surface area contributed by atoms with E-state index in [1.165, 1.54) is 4.90 Å². The highest BCUT2D eigenvalue weighted by Crippen LogP contribution is 2.23. The number of benzene rings is 1. The Labute approximate surface area is 131 Å². The fraction of sp³-hybridized carbons (Fsp3) is 0.562. The maximum absolute atomic E-state index is 11.6. The van der Waals surface area contributed by atoms with Crippen LogP contribution in [-0.4, -0.2) is 30.9 Å². The number of nitrogens with one attached hydrogen (secondary N) is 1. The fourth-order valence-corrected chi connectivity index (χ4v) is 2.84. The molecular weight excluding hydrogens is 284 g/mol. The Morgan fingerprint density at radius 1 is 1.38 bits per heavy atom. The fourth-order valence-electron chi connectivity index (χ4n) is 1.99. The van der Waals surface area contributed by atoms with Gasteiger partial charge < -0.3 is 15.8 Å². The van der Waals surface area contributed by atoms with Crippen LogP contribution in [0, 0.1) is 0 Å². The van der Waals surface area contributed by atoms with E-state index in [0.717, 1.165) is 37.3 Å². The first-order chi connectivity index (χ1) is 10.0. The second-order valence-electron chi connectivity index (χ2n) is 5.25. The van der Waals surface area contributed by atoms with Crippen molar-refractivity contribution in [3.8, 4) is 5.75 Å². The molecule has 0 heterocycles. The van der Waals surface area contributed by atoms with Crippen molar-refractivity contribution < 1.29 is 9.53 Å². The van der Waals surface area contributed by atoms with Crippen molar-refractivity contribution in [1.82, 2.24) is 5.32 Å². The van der Waals surface area contributed by atoms with Gasteiger partial charge in [0.15, 0.2) is 0 Å². The van der Waals surface area contributed by atoms with Gasteiger partial charge in [0.05, 0.1) is 12.6 Å². The normalized spacial score (nSPS) is 13.7. The molecule has 1 atom stereocenters. The monoisotopic (exact) mass is 310 g/mol. The SMILES string of the molecule is CCCNC(C)(CCCSc1ccc(OC)cc1)C(N)=O. The molecule has 1 unspecified atom stereocenters. The zero-order valence-corrected chi connectivity index (χ0v) is 14.0. The Balaban J connectivity index is 2.38. The molecule has 3 N–H and O–H groups in total. The van der Waals surface area contributed by atoms with Gasteiger partial charge in [-0.05, 0) is 62.7 Å². The molecule has 0 saturated carbocycles. The van der Waals surface area contributed by atoms with Crippen LogP contribution in [0.1, 0.15) is 33.1 Å². The van der Waals surface area contributed by atoms with Crippen molar-refractivity contribution in [3.63, 3.8) is 0 Å². The molecule has 4 nitrogen and oxygen atoms in total. The molecule has 1 aromatic rings. The zero-order chi connectivity index (χ0) is 15.7. The van der Waals surface area contributed by atoms with Crippen LogP contribution in [0.3, 0.4) is 0 Å². The minimum Gasteiger partial charge on any atom is -0.497 e. The molecular formula is C16H26N2O2S. The number of methoxy groups -OCH3 is 1. The summed E-state index contributed by atoms with van der Waals surface area (Å²) >= 11 is 1.78. The van der Waals surface area contributed by atoms with Crippen molar-refractivity contribution in [2.75, 3.05) is 19.4 Å². The molecule has 0 aliphatic carbocycles. The van der Waals surface area contributed by atoms with Gasteiger partial charge in [-0.2, -0.15) is 0 Å². The third kappa shape index (κ3) is 5.98. The number of ether oxygens (including phenoxy) is 1. The highest BCUT2D eigenvalue weighted by Gasteiger charge is 2.29. The van der Waals surface area contributed by atoms with Gasteiger partial charge >= 0.3 is 0 Å². The Morgan fingerprint density at radius 2 is 2.05 bits per heavy atom. The molecule has 0 radical (unpaired) electrons. The minimum atomic E-state index is -0.601. The lowest BCUT2D eigenvalue weighted by Crippen LogP contribution is -2.53. The zero-order valence-electron chi connectivity index (χ0n) is 13.1. The van der Waals surface area contributed by atoms with Crippen LogP contribution in [0.4, 0.5) is 0 Å². The standard InChI is InChI=1S/C16H26N2O2S/c1-4-11-18-16(2,15(17)19)10-5-12-21-14-8-6-13(20-3)7-9-14/h6-9,18H,4-5,10-12H2,1-3H3,(H2,17,19). The van der Waals surface area contributed by atoms with E-state index in [-0.39, 0.29) is 5.91 Å². The van der Waals surface area contributed by atoms with Crippen LogP contribution >= 0.6 is 11.8 Å². The molecule has 0 aliphatic heterocycles. The Morgan fingerprint density at radius 3 is 2.57 bits per heavy atom. The summed E-state index contributed by atoms with van der Waals surface area (Å²) in [6.45, 7) is 4.78. The van der Waals surface area contributed by atoms with Crippen LogP contribution in [0.5, 0.6) is 5.75 Å². The van der Waals surface area contributed by atoms with Crippen LogP contribution in [-0.2, 0) is 4.79 Å². The quantitative estimate of drug-likeness (QED) is 0.515. The van der Waals surface area contributed by atoms with E-state index >= 15 is 0 Å². The second kappa shape index (κ2) is 8.95. The summed E-state index contributed by atoms with van der Waals surface area (Å²) in [5.41, 5.74) is 4.91. The van der Waals surface area contributed by atoms with Gasteiger partial charge in [-0.3, -0.25) is 4.79 Å². The van der Waals surface area contributed by atoms with Crippen LogP contribution in [0.25, 0.3) is 0 Å². The Kier molecular flexibility index (Phi) is 7.61. The second-order valence-corrected chi connectivity index (χ2v) is 6.42. The van der Waals surface area contributed by atoms with Gasteiger partial charge in [0.25, 0.3) is 0 Å². The maximum atomic E-state index is 11.6. The number of amides is 1. The summed E-state index contributed by atoms with van der Waals surface area (Å²) in [5.74, 6) is 1.55. The highest BCUT2D eigenvalue weighted by molar-refractivity contribution is 7.99. The van der Waals surface area contributed by atoms with Crippen LogP contribution < -0.4 is 15.8 Å². The smallest absolute Gasteiger partial charge is 0.237 e. The van der Waals surface area contributed by atoms with Crippen molar-refractivity contribution >= 4 is 17.7 Å². The lowest BCUT2D eigenvalue weighted by Gasteiger charge is -2.27. The average Bonchev–Trinajstić information content (AvgIpc) is 2.50. The molecule has 0 aliphatic rings. The van der Waals surface area contributed by atoms with E-state index in [1.54, 1.807) is 18.9 Å². The number of hydrogen-bond acceptors (Lipinski definition) is 4. The summed E-state index contributed by atoms with van der Waals surface area (Å²) in [6, 6.07) is 8.01. The summed E-state index contributed by atoms with van der Waals surface area (Å²) in [7, 11) is 1.66. The Bertz CT molecular complexity index is 436. The summed E-state index contributed by atoms with van der Waals surface area (Å²) < 4.78 is 5.13. The lowest BCUT2D eigenvalue weighted by molar-refractivity contribution is -0.124. The Hall–Kier alpha value is -1.20. The van der Waals surface area contributed by atoms with E-state index in [0.29, 0.717) is 0 Å². The number of nitrogens with two attached hydrogens (primary N) is 1. The van der Waals surface area contributed by atoms with Gasteiger partial charge in [0.1, 0.15) is 5.75 Å². The number of thioether (sulfide) groups is 1. The van der Waals surface area contributed by atoms with Crippen LogP contribution in [0.2, 0.25) is 0 Å². The van der Waals surface area contributed by atoms with Crippen LogP contribution in [0.15, 0.2) is 29.2 Å². The first-order valence-corrected chi connectivity index (χ1v) is 8.32. The van der Waals surface area contributed by atoms with E-state index < -0.39 is 5.54 Å². The molecule has 5 heteroatoms. The molecule has 1 amide bonds. The number of carbonyl (C=O) groups excluding carboxylic acids is 1. The first kappa shape index (κ1) is 17.9. The van der Waals surface area contributed by atoms with Gasteiger partial charge in [-0.25, -0.2) is 0 Å². The molecule has 118 valence electrons. The molecule has 21 heavy (non-hydrogen) atoms. The third-order valence-corrected chi connectivity index (χ3v) is 4.56.